The molecule has 0 saturated carbocycles. The fourth-order valence-corrected chi connectivity index (χ4v) is 5.37. The van der Waals surface area contributed by atoms with Gasteiger partial charge in [0.15, 0.2) is 0 Å². The average molecular weight is 473 g/mol. The number of benzene rings is 2. The van der Waals surface area contributed by atoms with Crippen LogP contribution in [0.3, 0.4) is 0 Å². The Morgan fingerprint density at radius 3 is 2.45 bits per heavy atom. The van der Waals surface area contributed by atoms with E-state index < -0.39 is 14.9 Å². The Balaban J connectivity index is 1.69. The van der Waals surface area contributed by atoms with Crippen molar-refractivity contribution in [3.05, 3.63) is 70.8 Å². The molecule has 0 N–H and O–H groups in total. The fraction of sp³-hybridized carbons (Fsp3) is 0.333. The SMILES string of the molecule is CC(c1ccc(-n2cncn2)cc1)N(C)c1ccc([N+](=O)[O-])cc1S(=O)(=O)N1CCOCC1. The molecule has 1 saturated heterocycles. The van der Waals surface area contributed by atoms with Gasteiger partial charge in [0.25, 0.3) is 5.69 Å². The van der Waals surface area contributed by atoms with Crippen LogP contribution in [-0.2, 0) is 14.8 Å². The van der Waals surface area contributed by atoms with Crippen LogP contribution < -0.4 is 4.90 Å². The van der Waals surface area contributed by atoms with Crippen molar-refractivity contribution in [1.82, 2.24) is 19.1 Å². The van der Waals surface area contributed by atoms with Crippen LogP contribution in [0.4, 0.5) is 11.4 Å². The first-order valence-corrected chi connectivity index (χ1v) is 11.8. The lowest BCUT2D eigenvalue weighted by molar-refractivity contribution is -0.385. The predicted molar refractivity (Wildman–Crippen MR) is 121 cm³/mol. The largest absolute Gasteiger partial charge is 0.379 e. The van der Waals surface area contributed by atoms with Gasteiger partial charge in [0.1, 0.15) is 17.6 Å². The van der Waals surface area contributed by atoms with Gasteiger partial charge in [-0.25, -0.2) is 18.1 Å². The third kappa shape index (κ3) is 4.58. The number of anilines is 1. The van der Waals surface area contributed by atoms with Crippen LogP contribution in [0.5, 0.6) is 0 Å². The van der Waals surface area contributed by atoms with E-state index in [2.05, 4.69) is 10.1 Å². The minimum atomic E-state index is -3.96. The number of nitro groups is 1. The molecule has 1 aliphatic rings. The van der Waals surface area contributed by atoms with Gasteiger partial charge in [-0.2, -0.15) is 9.40 Å². The molecule has 0 radical (unpaired) electrons. The summed E-state index contributed by atoms with van der Waals surface area (Å²) in [5.41, 5.74) is 1.90. The highest BCUT2D eigenvalue weighted by atomic mass is 32.2. The molecule has 11 nitrogen and oxygen atoms in total. The first-order valence-electron chi connectivity index (χ1n) is 10.3. The Morgan fingerprint density at radius 2 is 1.85 bits per heavy atom. The molecule has 1 atom stereocenters. The molecule has 1 unspecified atom stereocenters. The summed E-state index contributed by atoms with van der Waals surface area (Å²) in [6.45, 7) is 2.92. The van der Waals surface area contributed by atoms with Gasteiger partial charge >= 0.3 is 0 Å². The summed E-state index contributed by atoms with van der Waals surface area (Å²) in [4.78, 5) is 16.4. The molecule has 1 aliphatic heterocycles. The van der Waals surface area contributed by atoms with Crippen molar-refractivity contribution in [3.8, 4) is 5.69 Å². The number of nitrogens with zero attached hydrogens (tertiary/aromatic N) is 6. The molecule has 0 aliphatic carbocycles. The molecular formula is C21H24N6O5S. The molecule has 0 bridgehead atoms. The number of aromatic nitrogens is 3. The molecule has 0 amide bonds. The summed E-state index contributed by atoms with van der Waals surface area (Å²) in [7, 11) is -2.18. The van der Waals surface area contributed by atoms with E-state index in [-0.39, 0.29) is 42.9 Å². The van der Waals surface area contributed by atoms with Crippen LogP contribution in [-0.4, -0.2) is 65.8 Å². The van der Waals surface area contributed by atoms with E-state index in [0.29, 0.717) is 5.69 Å². The minimum absolute atomic E-state index is 0.0906. The standard InChI is InChI=1S/C21H24N6O5S/c1-16(17-3-5-18(6-4-17)26-15-22-14-23-26)24(2)20-8-7-19(27(28)29)13-21(20)33(30,31)25-9-11-32-12-10-25/h3-8,13-16H,9-12H2,1-2H3. The van der Waals surface area contributed by atoms with Gasteiger partial charge in [0, 0.05) is 32.3 Å². The fourth-order valence-electron chi connectivity index (χ4n) is 3.72. The maximum atomic E-state index is 13.4. The first kappa shape index (κ1) is 22.8. The Bertz CT molecular complexity index is 1220. The van der Waals surface area contributed by atoms with Gasteiger partial charge in [0.05, 0.1) is 35.6 Å². The molecule has 1 aromatic heterocycles. The Labute approximate surface area is 191 Å². The van der Waals surface area contributed by atoms with Gasteiger partial charge in [-0.3, -0.25) is 10.1 Å². The molecule has 2 heterocycles. The molecule has 33 heavy (non-hydrogen) atoms. The summed E-state index contributed by atoms with van der Waals surface area (Å²) in [6, 6.07) is 11.4. The number of morpholine rings is 1. The van der Waals surface area contributed by atoms with E-state index in [1.807, 2.05) is 36.1 Å². The third-order valence-corrected chi connectivity index (χ3v) is 7.69. The average Bonchev–Trinajstić information content (AvgIpc) is 3.38. The number of ether oxygens (including phenoxy) is 1. The van der Waals surface area contributed by atoms with E-state index in [1.165, 1.54) is 22.8 Å². The number of sulfonamides is 1. The van der Waals surface area contributed by atoms with Crippen LogP contribution in [0.15, 0.2) is 60.0 Å². The summed E-state index contributed by atoms with van der Waals surface area (Å²) in [6.07, 6.45) is 3.06. The lowest BCUT2D eigenvalue weighted by Gasteiger charge is -2.31. The van der Waals surface area contributed by atoms with Gasteiger partial charge in [-0.05, 0) is 30.7 Å². The van der Waals surface area contributed by atoms with Crippen LogP contribution in [0.2, 0.25) is 0 Å². The molecule has 3 aromatic rings. The van der Waals surface area contributed by atoms with Gasteiger partial charge in [0.2, 0.25) is 10.0 Å². The Hall–Kier alpha value is -3.35. The number of nitro benzene ring substituents is 1. The van der Waals surface area contributed by atoms with Gasteiger partial charge < -0.3 is 9.64 Å². The Kier molecular flexibility index (Phi) is 6.40. The Morgan fingerprint density at radius 1 is 1.15 bits per heavy atom. The van der Waals surface area contributed by atoms with Crippen molar-refractivity contribution < 1.29 is 18.1 Å². The molecule has 2 aromatic carbocycles. The number of non-ortho nitro benzene ring substituents is 1. The highest BCUT2D eigenvalue weighted by Gasteiger charge is 2.32. The van der Waals surface area contributed by atoms with Crippen molar-refractivity contribution in [2.75, 3.05) is 38.3 Å². The van der Waals surface area contributed by atoms with Crippen LogP contribution in [0, 0.1) is 10.1 Å². The topological polar surface area (TPSA) is 124 Å². The lowest BCUT2D eigenvalue weighted by Crippen LogP contribution is -2.41. The van der Waals surface area contributed by atoms with Gasteiger partial charge in [-0.1, -0.05) is 12.1 Å². The minimum Gasteiger partial charge on any atom is -0.379 e. The summed E-state index contributed by atoms with van der Waals surface area (Å²) in [5.74, 6) is 0. The smallest absolute Gasteiger partial charge is 0.270 e. The molecule has 4 rings (SSSR count). The zero-order chi connectivity index (χ0) is 23.6. The zero-order valence-electron chi connectivity index (χ0n) is 18.2. The van der Waals surface area contributed by atoms with Crippen LogP contribution >= 0.6 is 0 Å². The lowest BCUT2D eigenvalue weighted by atomic mass is 10.1. The monoisotopic (exact) mass is 472 g/mol. The highest BCUT2D eigenvalue weighted by molar-refractivity contribution is 7.89. The molecule has 12 heteroatoms. The van der Waals surface area contributed by atoms with Crippen LogP contribution in [0.25, 0.3) is 5.69 Å². The summed E-state index contributed by atoms with van der Waals surface area (Å²) in [5, 5.41) is 15.5. The first-order chi connectivity index (χ1) is 15.8. The maximum absolute atomic E-state index is 13.4. The summed E-state index contributed by atoms with van der Waals surface area (Å²) >= 11 is 0. The van der Waals surface area contributed by atoms with E-state index >= 15 is 0 Å². The van der Waals surface area contributed by atoms with Crippen molar-refractivity contribution in [2.45, 2.75) is 17.9 Å². The summed E-state index contributed by atoms with van der Waals surface area (Å²) < 4.78 is 35.1. The van der Waals surface area contributed by atoms with Crippen LogP contribution in [0.1, 0.15) is 18.5 Å². The zero-order valence-corrected chi connectivity index (χ0v) is 19.1. The van der Waals surface area contributed by atoms with Crippen molar-refractivity contribution >= 4 is 21.4 Å². The maximum Gasteiger partial charge on any atom is 0.270 e. The second kappa shape index (κ2) is 9.25. The van der Waals surface area contributed by atoms with E-state index in [1.54, 1.807) is 18.1 Å². The van der Waals surface area contributed by atoms with Crippen molar-refractivity contribution in [1.29, 1.82) is 0 Å². The molecule has 0 spiro atoms. The third-order valence-electron chi connectivity index (χ3n) is 5.76. The second-order valence-corrected chi connectivity index (χ2v) is 9.55. The highest BCUT2D eigenvalue weighted by Crippen LogP contribution is 2.35. The normalized spacial score (nSPS) is 15.8. The predicted octanol–water partition coefficient (Wildman–Crippen LogP) is 2.39. The molecule has 1 fully saturated rings. The number of hydrogen-bond acceptors (Lipinski definition) is 8. The van der Waals surface area contributed by atoms with Crippen molar-refractivity contribution in [2.24, 2.45) is 0 Å². The molecular weight excluding hydrogens is 448 g/mol. The van der Waals surface area contributed by atoms with E-state index in [0.717, 1.165) is 17.3 Å². The number of rotatable bonds is 7. The quantitative estimate of drug-likeness (QED) is 0.379. The number of hydrogen-bond donors (Lipinski definition) is 0. The van der Waals surface area contributed by atoms with E-state index in [9.17, 15) is 18.5 Å². The molecule has 174 valence electrons. The van der Waals surface area contributed by atoms with E-state index in [4.69, 9.17) is 4.74 Å². The van der Waals surface area contributed by atoms with Gasteiger partial charge in [-0.15, -0.1) is 0 Å². The second-order valence-electron chi connectivity index (χ2n) is 7.64. The van der Waals surface area contributed by atoms with Crippen molar-refractivity contribution in [3.63, 3.8) is 0 Å².